The van der Waals surface area contributed by atoms with Gasteiger partial charge in [-0.25, -0.2) is 14.8 Å². The van der Waals surface area contributed by atoms with Crippen LogP contribution in [0.4, 0.5) is 9.93 Å². The molecule has 3 aliphatic rings. The van der Waals surface area contributed by atoms with Crippen LogP contribution in [-0.4, -0.2) is 54.3 Å². The van der Waals surface area contributed by atoms with Gasteiger partial charge in [-0.3, -0.25) is 5.32 Å². The standard InChI is InChI=1S/C22H26N4O3S/c1-28-19-17-18(16(12-23-19)15-6-3-2-4-7-15)30-20(24-17)25-21(27)26-10-9-22(13-26)8-5-11-29-14-22/h2-3,6,12H,4-5,7-11,13-14H2,1H3,(H,24,25,27)/t22-/m1/s1. The first-order valence-electron chi connectivity index (χ1n) is 10.5. The maximum Gasteiger partial charge on any atom is 0.323 e. The number of amides is 2. The minimum atomic E-state index is -0.0928. The molecule has 4 heterocycles. The highest BCUT2D eigenvalue weighted by molar-refractivity contribution is 7.22. The minimum absolute atomic E-state index is 0.0928. The summed E-state index contributed by atoms with van der Waals surface area (Å²) in [5.74, 6) is 0.483. The number of carbonyl (C=O) groups excluding carboxylic acids is 1. The van der Waals surface area contributed by atoms with E-state index < -0.39 is 0 Å². The Morgan fingerprint density at radius 2 is 2.33 bits per heavy atom. The summed E-state index contributed by atoms with van der Waals surface area (Å²) in [6.45, 7) is 3.10. The number of pyridine rings is 1. The van der Waals surface area contributed by atoms with Gasteiger partial charge < -0.3 is 14.4 Å². The zero-order chi connectivity index (χ0) is 20.6. The molecule has 2 aromatic heterocycles. The van der Waals surface area contributed by atoms with Crippen LogP contribution in [0.2, 0.25) is 0 Å². The van der Waals surface area contributed by atoms with E-state index >= 15 is 0 Å². The Balaban J connectivity index is 1.39. The molecule has 1 N–H and O–H groups in total. The highest BCUT2D eigenvalue weighted by Gasteiger charge is 2.41. The first kappa shape index (κ1) is 19.5. The van der Waals surface area contributed by atoms with Crippen molar-refractivity contribution in [1.29, 1.82) is 0 Å². The summed E-state index contributed by atoms with van der Waals surface area (Å²) in [5, 5.41) is 3.59. The number of ether oxygens (including phenoxy) is 2. The topological polar surface area (TPSA) is 76.6 Å². The molecule has 7 nitrogen and oxygen atoms in total. The van der Waals surface area contributed by atoms with E-state index in [0.29, 0.717) is 16.5 Å². The smallest absolute Gasteiger partial charge is 0.323 e. The maximum absolute atomic E-state index is 12.9. The van der Waals surface area contributed by atoms with Crippen LogP contribution in [0.25, 0.3) is 15.8 Å². The lowest BCUT2D eigenvalue weighted by atomic mass is 9.82. The third-order valence-corrected chi connectivity index (χ3v) is 7.29. The Bertz CT molecular complexity index is 1020. The largest absolute Gasteiger partial charge is 0.479 e. The van der Waals surface area contributed by atoms with E-state index in [2.05, 4.69) is 33.5 Å². The lowest BCUT2D eigenvalue weighted by Crippen LogP contribution is -2.38. The van der Waals surface area contributed by atoms with E-state index in [1.54, 1.807) is 7.11 Å². The van der Waals surface area contributed by atoms with Gasteiger partial charge in [-0.1, -0.05) is 29.6 Å². The van der Waals surface area contributed by atoms with E-state index in [9.17, 15) is 4.79 Å². The molecular weight excluding hydrogens is 400 g/mol. The fourth-order valence-corrected chi connectivity index (χ4v) is 5.65. The van der Waals surface area contributed by atoms with Crippen molar-refractivity contribution < 1.29 is 14.3 Å². The molecule has 2 saturated heterocycles. The van der Waals surface area contributed by atoms with Crippen LogP contribution in [-0.2, 0) is 4.74 Å². The number of nitrogens with zero attached hydrogens (tertiary/aromatic N) is 3. The van der Waals surface area contributed by atoms with Crippen molar-refractivity contribution in [2.24, 2.45) is 5.41 Å². The second-order valence-electron chi connectivity index (χ2n) is 8.29. The maximum atomic E-state index is 12.9. The number of nitrogens with one attached hydrogen (secondary N) is 1. The van der Waals surface area contributed by atoms with Crippen molar-refractivity contribution in [3.8, 4) is 5.88 Å². The normalized spacial score (nSPS) is 23.8. The van der Waals surface area contributed by atoms with Gasteiger partial charge in [0.15, 0.2) is 5.13 Å². The lowest BCUT2D eigenvalue weighted by Gasteiger charge is -2.32. The van der Waals surface area contributed by atoms with Gasteiger partial charge in [-0.2, -0.15) is 0 Å². The number of carbonyl (C=O) groups is 1. The number of likely N-dealkylation sites (tertiary alicyclic amines) is 1. The van der Waals surface area contributed by atoms with E-state index in [1.807, 2.05) is 11.1 Å². The van der Waals surface area contributed by atoms with Gasteiger partial charge in [-0.05, 0) is 37.7 Å². The van der Waals surface area contributed by atoms with Crippen LogP contribution in [0, 0.1) is 5.41 Å². The molecule has 0 bridgehead atoms. The quantitative estimate of drug-likeness (QED) is 0.784. The van der Waals surface area contributed by atoms with Gasteiger partial charge in [0.2, 0.25) is 5.88 Å². The summed E-state index contributed by atoms with van der Waals surface area (Å²) >= 11 is 1.48. The van der Waals surface area contributed by atoms with E-state index in [-0.39, 0.29) is 11.4 Å². The molecule has 0 aromatic carbocycles. The number of thiazole rings is 1. The van der Waals surface area contributed by atoms with Crippen molar-refractivity contribution in [3.63, 3.8) is 0 Å². The van der Waals surface area contributed by atoms with Crippen LogP contribution >= 0.6 is 11.3 Å². The number of rotatable bonds is 3. The number of aromatic nitrogens is 2. The van der Waals surface area contributed by atoms with Gasteiger partial charge in [0.05, 0.1) is 18.4 Å². The molecule has 0 saturated carbocycles. The number of anilines is 1. The van der Waals surface area contributed by atoms with Crippen molar-refractivity contribution >= 4 is 38.3 Å². The molecule has 5 rings (SSSR count). The van der Waals surface area contributed by atoms with Gasteiger partial charge in [0.1, 0.15) is 5.52 Å². The molecule has 0 unspecified atom stereocenters. The summed E-state index contributed by atoms with van der Waals surface area (Å²) in [4.78, 5) is 23.9. The Labute approximate surface area is 179 Å². The summed E-state index contributed by atoms with van der Waals surface area (Å²) in [5.41, 5.74) is 3.12. The highest BCUT2D eigenvalue weighted by atomic mass is 32.1. The Kier molecular flexibility index (Phi) is 5.20. The third-order valence-electron chi connectivity index (χ3n) is 6.28. The number of hydrogen-bond acceptors (Lipinski definition) is 6. The number of methoxy groups -OCH3 is 1. The van der Waals surface area contributed by atoms with Crippen molar-refractivity contribution in [2.75, 3.05) is 38.7 Å². The average molecular weight is 427 g/mol. The molecule has 2 amide bonds. The molecule has 30 heavy (non-hydrogen) atoms. The zero-order valence-electron chi connectivity index (χ0n) is 17.1. The first-order chi connectivity index (χ1) is 14.7. The number of hydrogen-bond donors (Lipinski definition) is 1. The first-order valence-corrected chi connectivity index (χ1v) is 11.3. The number of urea groups is 1. The zero-order valence-corrected chi connectivity index (χ0v) is 18.0. The van der Waals surface area contributed by atoms with Gasteiger partial charge in [-0.15, -0.1) is 0 Å². The van der Waals surface area contributed by atoms with Crippen LogP contribution in [0.5, 0.6) is 5.88 Å². The number of fused-ring (bicyclic) bond motifs is 1. The van der Waals surface area contributed by atoms with Crippen LogP contribution < -0.4 is 10.1 Å². The van der Waals surface area contributed by atoms with Gasteiger partial charge >= 0.3 is 6.03 Å². The second-order valence-corrected chi connectivity index (χ2v) is 9.29. The fourth-order valence-electron chi connectivity index (χ4n) is 4.66. The summed E-state index contributed by atoms with van der Waals surface area (Å²) in [6, 6.07) is -0.0928. The molecule has 0 radical (unpaired) electrons. The average Bonchev–Trinajstić information content (AvgIpc) is 3.38. The number of allylic oxidation sites excluding steroid dienone is 4. The second kappa shape index (κ2) is 8.00. The van der Waals surface area contributed by atoms with E-state index in [1.165, 1.54) is 16.9 Å². The van der Waals surface area contributed by atoms with Crippen molar-refractivity contribution in [2.45, 2.75) is 32.1 Å². The van der Waals surface area contributed by atoms with Crippen LogP contribution in [0.1, 0.15) is 37.7 Å². The molecule has 1 atom stereocenters. The molecule has 2 fully saturated rings. The predicted octanol–water partition coefficient (Wildman–Crippen LogP) is 4.47. The molecule has 1 aliphatic carbocycles. The van der Waals surface area contributed by atoms with Gasteiger partial charge in [0.25, 0.3) is 0 Å². The summed E-state index contributed by atoms with van der Waals surface area (Å²) in [7, 11) is 1.59. The molecular formula is C22H26N4O3S. The van der Waals surface area contributed by atoms with Gasteiger partial charge in [0, 0.05) is 36.9 Å². The van der Waals surface area contributed by atoms with E-state index in [0.717, 1.165) is 68.7 Å². The van der Waals surface area contributed by atoms with Crippen molar-refractivity contribution in [1.82, 2.24) is 14.9 Å². The van der Waals surface area contributed by atoms with Crippen LogP contribution in [0.15, 0.2) is 24.4 Å². The fraction of sp³-hybridized carbons (Fsp3) is 0.500. The van der Waals surface area contributed by atoms with Crippen LogP contribution in [0.3, 0.4) is 0 Å². The molecule has 8 heteroatoms. The Morgan fingerprint density at radius 1 is 1.40 bits per heavy atom. The molecule has 1 spiro atoms. The van der Waals surface area contributed by atoms with Crippen molar-refractivity contribution in [3.05, 3.63) is 30.0 Å². The van der Waals surface area contributed by atoms with E-state index in [4.69, 9.17) is 9.47 Å². The SMILES string of the molecule is COc1ncc(C2=CC=CCC2)c2sc(NC(=O)N3CC[C@]4(CCCOC4)C3)nc12. The monoisotopic (exact) mass is 426 g/mol. The summed E-state index contributed by atoms with van der Waals surface area (Å²) < 4.78 is 12.1. The summed E-state index contributed by atoms with van der Waals surface area (Å²) in [6.07, 6.45) is 13.4. The third kappa shape index (κ3) is 3.58. The Morgan fingerprint density at radius 3 is 3.10 bits per heavy atom. The highest BCUT2D eigenvalue weighted by Crippen LogP contribution is 2.40. The molecule has 2 aliphatic heterocycles. The minimum Gasteiger partial charge on any atom is -0.479 e. The molecule has 158 valence electrons. The lowest BCUT2D eigenvalue weighted by molar-refractivity contribution is -0.000213. The Hall–Kier alpha value is -2.45. The molecule has 2 aromatic rings. The predicted molar refractivity (Wildman–Crippen MR) is 118 cm³/mol.